The van der Waals surface area contributed by atoms with Gasteiger partial charge in [0.05, 0.1) is 0 Å². The Kier molecular flexibility index (Phi) is 3.47. The van der Waals surface area contributed by atoms with Crippen molar-refractivity contribution in [2.45, 2.75) is 40.0 Å². The Morgan fingerprint density at radius 1 is 1.22 bits per heavy atom. The molecule has 0 bridgehead atoms. The van der Waals surface area contributed by atoms with Gasteiger partial charge in [0, 0.05) is 35.3 Å². The molecule has 3 aromatic rings. The van der Waals surface area contributed by atoms with Gasteiger partial charge in [-0.05, 0) is 30.7 Å². The van der Waals surface area contributed by atoms with E-state index in [4.69, 9.17) is 0 Å². The van der Waals surface area contributed by atoms with Gasteiger partial charge in [-0.25, -0.2) is 4.98 Å². The van der Waals surface area contributed by atoms with Crippen LogP contribution in [0.15, 0.2) is 24.3 Å². The normalized spacial score (nSPS) is 11.9. The first-order valence-electron chi connectivity index (χ1n) is 7.58. The molecule has 0 saturated heterocycles. The molecular formula is C17H21N5O. The van der Waals surface area contributed by atoms with Gasteiger partial charge >= 0.3 is 0 Å². The molecule has 0 aliphatic carbocycles. The third-order valence-corrected chi connectivity index (χ3v) is 3.60. The number of nitrogens with one attached hydrogen (secondary N) is 2. The number of aromatic nitrogens is 4. The number of aromatic amines is 1. The minimum absolute atomic E-state index is 0.0183. The van der Waals surface area contributed by atoms with Crippen LogP contribution in [0.2, 0.25) is 0 Å². The van der Waals surface area contributed by atoms with Crippen molar-refractivity contribution in [3.63, 3.8) is 0 Å². The maximum Gasteiger partial charge on any atom is 0.221 e. The van der Waals surface area contributed by atoms with Crippen molar-refractivity contribution in [3.05, 3.63) is 35.5 Å². The van der Waals surface area contributed by atoms with E-state index in [9.17, 15) is 4.79 Å². The number of aryl methyl sites for hydroxylation is 1. The zero-order valence-corrected chi connectivity index (χ0v) is 14.1. The Hall–Kier alpha value is -2.63. The maximum atomic E-state index is 11.3. The highest BCUT2D eigenvalue weighted by Crippen LogP contribution is 2.25. The fraction of sp³-hybridized carbons (Fsp3) is 0.353. The van der Waals surface area contributed by atoms with Crippen LogP contribution in [-0.4, -0.2) is 25.7 Å². The first-order chi connectivity index (χ1) is 10.7. The summed E-state index contributed by atoms with van der Waals surface area (Å²) in [5, 5.41) is 10.6. The zero-order chi connectivity index (χ0) is 16.8. The Morgan fingerprint density at radius 2 is 1.96 bits per heavy atom. The average Bonchev–Trinajstić information content (AvgIpc) is 2.93. The molecule has 1 aromatic carbocycles. The lowest BCUT2D eigenvalue weighted by molar-refractivity contribution is -0.114. The number of anilines is 1. The third kappa shape index (κ3) is 3.11. The van der Waals surface area contributed by atoms with E-state index in [-0.39, 0.29) is 11.3 Å². The number of H-pyrrole nitrogens is 1. The minimum atomic E-state index is -0.0961. The van der Waals surface area contributed by atoms with Gasteiger partial charge in [-0.15, -0.1) is 5.10 Å². The number of rotatable bonds is 2. The molecule has 1 amide bonds. The summed E-state index contributed by atoms with van der Waals surface area (Å²) in [5.41, 5.74) is 4.56. The first-order valence-corrected chi connectivity index (χ1v) is 7.58. The number of nitrogens with zero attached hydrogens (tertiary/aromatic N) is 3. The highest BCUT2D eigenvalue weighted by molar-refractivity contribution is 5.89. The van der Waals surface area contributed by atoms with E-state index >= 15 is 0 Å². The van der Waals surface area contributed by atoms with Gasteiger partial charge in [-0.1, -0.05) is 20.8 Å². The Bertz CT molecular complexity index is 851. The lowest BCUT2D eigenvalue weighted by atomic mass is 9.93. The number of hydrogen-bond donors (Lipinski definition) is 2. The van der Waals surface area contributed by atoms with Gasteiger partial charge in [0.1, 0.15) is 0 Å². The SMILES string of the molecule is CC(=O)Nc1cc(C)cc(-c2nc3cc(C(C)(C)C)[nH]n3n2)c1. The van der Waals surface area contributed by atoms with E-state index in [0.29, 0.717) is 5.82 Å². The summed E-state index contributed by atoms with van der Waals surface area (Å²) in [6.07, 6.45) is 0. The van der Waals surface area contributed by atoms with Crippen LogP contribution in [0.5, 0.6) is 0 Å². The quantitative estimate of drug-likeness (QED) is 0.762. The van der Waals surface area contributed by atoms with Gasteiger partial charge < -0.3 is 5.32 Å². The van der Waals surface area contributed by atoms with Crippen LogP contribution >= 0.6 is 0 Å². The molecule has 23 heavy (non-hydrogen) atoms. The third-order valence-electron chi connectivity index (χ3n) is 3.60. The topological polar surface area (TPSA) is 75.1 Å². The van der Waals surface area contributed by atoms with Crippen molar-refractivity contribution >= 4 is 17.2 Å². The molecule has 3 rings (SSSR count). The fourth-order valence-electron chi connectivity index (χ4n) is 2.47. The summed E-state index contributed by atoms with van der Waals surface area (Å²) < 4.78 is 1.69. The van der Waals surface area contributed by atoms with Crippen molar-refractivity contribution in [1.82, 2.24) is 19.8 Å². The highest BCUT2D eigenvalue weighted by Gasteiger charge is 2.18. The predicted octanol–water partition coefficient (Wildman–Crippen LogP) is 3.29. The summed E-state index contributed by atoms with van der Waals surface area (Å²) in [5.74, 6) is 0.535. The van der Waals surface area contributed by atoms with E-state index in [1.807, 2.05) is 31.2 Å². The van der Waals surface area contributed by atoms with Gasteiger partial charge in [0.25, 0.3) is 0 Å². The summed E-state index contributed by atoms with van der Waals surface area (Å²) >= 11 is 0. The van der Waals surface area contributed by atoms with E-state index in [1.54, 1.807) is 4.63 Å². The van der Waals surface area contributed by atoms with Crippen molar-refractivity contribution in [3.8, 4) is 11.4 Å². The van der Waals surface area contributed by atoms with Crippen LogP contribution in [0, 0.1) is 6.92 Å². The Balaban J connectivity index is 2.01. The zero-order valence-electron chi connectivity index (χ0n) is 14.1. The molecular weight excluding hydrogens is 290 g/mol. The van der Waals surface area contributed by atoms with Gasteiger partial charge in [-0.2, -0.15) is 4.63 Å². The highest BCUT2D eigenvalue weighted by atomic mass is 16.1. The standard InChI is InChI=1S/C17H21N5O/c1-10-6-12(8-13(7-10)18-11(2)23)16-19-15-9-14(17(3,4)5)20-22(15)21-16/h6-9,20H,1-5H3,(H,18,23). The van der Waals surface area contributed by atoms with E-state index in [0.717, 1.165) is 28.2 Å². The van der Waals surface area contributed by atoms with Crippen LogP contribution in [-0.2, 0) is 10.2 Å². The second-order valence-electron chi connectivity index (χ2n) is 6.89. The first kappa shape index (κ1) is 15.3. The summed E-state index contributed by atoms with van der Waals surface area (Å²) in [4.78, 5) is 15.8. The number of hydrogen-bond acceptors (Lipinski definition) is 3. The molecule has 2 heterocycles. The predicted molar refractivity (Wildman–Crippen MR) is 90.5 cm³/mol. The van der Waals surface area contributed by atoms with Crippen molar-refractivity contribution in [2.75, 3.05) is 5.32 Å². The van der Waals surface area contributed by atoms with Gasteiger partial charge in [0.15, 0.2) is 11.5 Å². The monoisotopic (exact) mass is 311 g/mol. The maximum absolute atomic E-state index is 11.3. The van der Waals surface area contributed by atoms with E-state index < -0.39 is 0 Å². The van der Waals surface area contributed by atoms with Crippen LogP contribution in [0.25, 0.3) is 17.0 Å². The summed E-state index contributed by atoms with van der Waals surface area (Å²) in [6, 6.07) is 7.82. The van der Waals surface area contributed by atoms with Crippen LogP contribution in [0.4, 0.5) is 5.69 Å². The van der Waals surface area contributed by atoms with Gasteiger partial charge in [0.2, 0.25) is 5.91 Å². The van der Waals surface area contributed by atoms with Crippen molar-refractivity contribution in [2.24, 2.45) is 0 Å². The molecule has 0 atom stereocenters. The number of fused-ring (bicyclic) bond motifs is 1. The molecule has 0 aliphatic heterocycles. The smallest absolute Gasteiger partial charge is 0.221 e. The van der Waals surface area contributed by atoms with E-state index in [1.165, 1.54) is 6.92 Å². The largest absolute Gasteiger partial charge is 0.326 e. The Labute approximate surface area is 134 Å². The molecule has 2 N–H and O–H groups in total. The fourth-order valence-corrected chi connectivity index (χ4v) is 2.47. The number of carbonyl (C=O) groups excluding carboxylic acids is 1. The Morgan fingerprint density at radius 3 is 2.57 bits per heavy atom. The molecule has 0 spiro atoms. The second-order valence-corrected chi connectivity index (χ2v) is 6.89. The van der Waals surface area contributed by atoms with Crippen molar-refractivity contribution in [1.29, 1.82) is 0 Å². The second kappa shape index (κ2) is 5.22. The molecule has 0 saturated carbocycles. The number of carbonyl (C=O) groups is 1. The van der Waals surface area contributed by atoms with Crippen LogP contribution < -0.4 is 5.32 Å². The number of benzene rings is 1. The molecule has 0 radical (unpaired) electrons. The number of amides is 1. The van der Waals surface area contributed by atoms with Crippen LogP contribution in [0.3, 0.4) is 0 Å². The molecule has 6 nitrogen and oxygen atoms in total. The molecule has 0 aliphatic rings. The van der Waals surface area contributed by atoms with Gasteiger partial charge in [-0.3, -0.25) is 9.89 Å². The van der Waals surface area contributed by atoms with Crippen LogP contribution in [0.1, 0.15) is 39.0 Å². The molecule has 0 unspecified atom stereocenters. The summed E-state index contributed by atoms with van der Waals surface area (Å²) in [7, 11) is 0. The molecule has 120 valence electrons. The molecule has 0 fully saturated rings. The lowest BCUT2D eigenvalue weighted by Crippen LogP contribution is -2.12. The summed E-state index contributed by atoms with van der Waals surface area (Å²) in [6.45, 7) is 9.89. The van der Waals surface area contributed by atoms with Crippen molar-refractivity contribution < 1.29 is 4.79 Å². The molecule has 2 aromatic heterocycles. The molecule has 6 heteroatoms. The average molecular weight is 311 g/mol. The van der Waals surface area contributed by atoms with E-state index in [2.05, 4.69) is 41.3 Å². The lowest BCUT2D eigenvalue weighted by Gasteiger charge is -2.14. The minimum Gasteiger partial charge on any atom is -0.326 e.